The van der Waals surface area contributed by atoms with Gasteiger partial charge in [0.15, 0.2) is 0 Å². The maximum Gasteiger partial charge on any atom is 0.239 e. The van der Waals surface area contributed by atoms with Crippen molar-refractivity contribution in [1.82, 2.24) is 10.3 Å². The lowest BCUT2D eigenvalue weighted by molar-refractivity contribution is -0.115. The van der Waals surface area contributed by atoms with Gasteiger partial charge in [-0.2, -0.15) is 0 Å². The molecule has 5 heteroatoms. The number of nitrogens with zero attached hydrogens (tertiary/aromatic N) is 1. The van der Waals surface area contributed by atoms with Gasteiger partial charge >= 0.3 is 0 Å². The molecule has 88 valence electrons. The Morgan fingerprint density at radius 3 is 2.69 bits per heavy atom. The van der Waals surface area contributed by atoms with Crippen LogP contribution in [0.5, 0.6) is 0 Å². The summed E-state index contributed by atoms with van der Waals surface area (Å²) >= 11 is 5.70. The van der Waals surface area contributed by atoms with Gasteiger partial charge in [0.2, 0.25) is 5.91 Å². The minimum atomic E-state index is -0.135. The summed E-state index contributed by atoms with van der Waals surface area (Å²) in [5, 5.41) is 6.10. The Hall–Kier alpha value is -1.13. The molecule has 0 saturated heterocycles. The van der Waals surface area contributed by atoms with E-state index in [1.807, 2.05) is 20.8 Å². The van der Waals surface area contributed by atoms with Crippen LogP contribution in [0, 0.1) is 0 Å². The van der Waals surface area contributed by atoms with Crippen LogP contribution in [0.25, 0.3) is 0 Å². The second-order valence-electron chi connectivity index (χ2n) is 4.50. The van der Waals surface area contributed by atoms with Gasteiger partial charge in [0.05, 0.1) is 6.54 Å². The molecule has 0 atom stereocenters. The minimum Gasteiger partial charge on any atom is -0.310 e. The molecule has 1 aromatic heterocycles. The van der Waals surface area contributed by atoms with Gasteiger partial charge in [0.1, 0.15) is 11.0 Å². The Morgan fingerprint density at radius 1 is 1.44 bits per heavy atom. The first kappa shape index (κ1) is 12.9. The second-order valence-corrected chi connectivity index (χ2v) is 4.88. The molecule has 0 aliphatic heterocycles. The molecular weight excluding hydrogens is 226 g/mol. The fourth-order valence-electron chi connectivity index (χ4n) is 1.01. The zero-order valence-corrected chi connectivity index (χ0v) is 10.4. The summed E-state index contributed by atoms with van der Waals surface area (Å²) in [5.41, 5.74) is -0.0842. The molecule has 0 radical (unpaired) electrons. The van der Waals surface area contributed by atoms with Crippen LogP contribution in [-0.4, -0.2) is 23.0 Å². The molecule has 0 saturated carbocycles. The predicted molar refractivity (Wildman–Crippen MR) is 65.6 cm³/mol. The lowest BCUT2D eigenvalue weighted by Crippen LogP contribution is -2.41. The molecule has 0 aliphatic carbocycles. The SMILES string of the molecule is CC(C)(C)NCC(=O)Nc1cccc(Cl)n1. The lowest BCUT2D eigenvalue weighted by Gasteiger charge is -2.19. The van der Waals surface area contributed by atoms with Crippen molar-refractivity contribution >= 4 is 23.3 Å². The van der Waals surface area contributed by atoms with Gasteiger partial charge in [-0.05, 0) is 32.9 Å². The molecule has 0 aliphatic rings. The van der Waals surface area contributed by atoms with Crippen molar-refractivity contribution in [2.75, 3.05) is 11.9 Å². The number of pyridine rings is 1. The van der Waals surface area contributed by atoms with Crippen molar-refractivity contribution in [1.29, 1.82) is 0 Å². The molecule has 0 unspecified atom stereocenters. The Labute approximate surface area is 100 Å². The topological polar surface area (TPSA) is 54.0 Å². The first-order valence-electron chi connectivity index (χ1n) is 5.04. The fraction of sp³-hybridized carbons (Fsp3) is 0.455. The molecule has 2 N–H and O–H groups in total. The fourth-order valence-corrected chi connectivity index (χ4v) is 1.17. The predicted octanol–water partition coefficient (Wildman–Crippen LogP) is 2.06. The molecule has 1 heterocycles. The van der Waals surface area contributed by atoms with Crippen LogP contribution in [0.3, 0.4) is 0 Å². The van der Waals surface area contributed by atoms with Gasteiger partial charge in [0.25, 0.3) is 0 Å². The molecule has 0 bridgehead atoms. The molecule has 1 rings (SSSR count). The largest absolute Gasteiger partial charge is 0.310 e. The van der Waals surface area contributed by atoms with Crippen LogP contribution in [0.4, 0.5) is 5.82 Å². The van der Waals surface area contributed by atoms with Crippen molar-refractivity contribution < 1.29 is 4.79 Å². The average Bonchev–Trinajstić information content (AvgIpc) is 2.14. The van der Waals surface area contributed by atoms with Crippen LogP contribution in [0.1, 0.15) is 20.8 Å². The highest BCUT2D eigenvalue weighted by atomic mass is 35.5. The second kappa shape index (κ2) is 5.27. The van der Waals surface area contributed by atoms with E-state index in [4.69, 9.17) is 11.6 Å². The summed E-state index contributed by atoms with van der Waals surface area (Å²) in [6.07, 6.45) is 0. The number of nitrogens with one attached hydrogen (secondary N) is 2. The van der Waals surface area contributed by atoms with Crippen molar-refractivity contribution in [3.05, 3.63) is 23.4 Å². The number of carbonyl (C=O) groups excluding carboxylic acids is 1. The maximum atomic E-state index is 11.5. The summed E-state index contributed by atoms with van der Waals surface area (Å²) < 4.78 is 0. The average molecular weight is 242 g/mol. The van der Waals surface area contributed by atoms with E-state index in [1.165, 1.54) is 0 Å². The first-order valence-corrected chi connectivity index (χ1v) is 5.42. The van der Waals surface area contributed by atoms with Crippen LogP contribution in [0.2, 0.25) is 5.15 Å². The zero-order chi connectivity index (χ0) is 12.2. The highest BCUT2D eigenvalue weighted by Crippen LogP contribution is 2.08. The van der Waals surface area contributed by atoms with Gasteiger partial charge in [-0.15, -0.1) is 0 Å². The summed E-state index contributed by atoms with van der Waals surface area (Å²) in [6.45, 7) is 6.24. The van der Waals surface area contributed by atoms with E-state index in [-0.39, 0.29) is 18.0 Å². The number of amides is 1. The first-order chi connectivity index (χ1) is 7.37. The third kappa shape index (κ3) is 5.09. The Bertz CT molecular complexity index is 374. The molecule has 0 spiro atoms. The van der Waals surface area contributed by atoms with Crippen LogP contribution < -0.4 is 10.6 Å². The normalized spacial score (nSPS) is 11.2. The van der Waals surface area contributed by atoms with Crippen molar-refractivity contribution in [3.8, 4) is 0 Å². The van der Waals surface area contributed by atoms with Gasteiger partial charge in [-0.1, -0.05) is 17.7 Å². The van der Waals surface area contributed by atoms with Crippen LogP contribution in [-0.2, 0) is 4.79 Å². The smallest absolute Gasteiger partial charge is 0.239 e. The molecule has 16 heavy (non-hydrogen) atoms. The Morgan fingerprint density at radius 2 is 2.12 bits per heavy atom. The van der Waals surface area contributed by atoms with Crippen LogP contribution in [0.15, 0.2) is 18.2 Å². The number of rotatable bonds is 3. The number of aromatic nitrogens is 1. The van der Waals surface area contributed by atoms with Gasteiger partial charge in [-0.3, -0.25) is 4.79 Å². The number of hydrogen-bond donors (Lipinski definition) is 2. The number of halogens is 1. The summed E-state index contributed by atoms with van der Waals surface area (Å²) in [7, 11) is 0. The Kier molecular flexibility index (Phi) is 4.26. The van der Waals surface area contributed by atoms with Gasteiger partial charge in [0, 0.05) is 5.54 Å². The highest BCUT2D eigenvalue weighted by molar-refractivity contribution is 6.29. The molecule has 0 fully saturated rings. The third-order valence-corrected chi connectivity index (χ3v) is 1.97. The van der Waals surface area contributed by atoms with E-state index < -0.39 is 0 Å². The monoisotopic (exact) mass is 241 g/mol. The lowest BCUT2D eigenvalue weighted by atomic mass is 10.1. The minimum absolute atomic E-state index is 0.0842. The number of anilines is 1. The maximum absolute atomic E-state index is 11.5. The standard InChI is InChI=1S/C11H16ClN3O/c1-11(2,3)13-7-10(16)15-9-6-4-5-8(12)14-9/h4-6,13H,7H2,1-3H3,(H,14,15,16). The quantitative estimate of drug-likeness (QED) is 0.797. The highest BCUT2D eigenvalue weighted by Gasteiger charge is 2.11. The van der Waals surface area contributed by atoms with Gasteiger partial charge < -0.3 is 10.6 Å². The summed E-state index contributed by atoms with van der Waals surface area (Å²) in [4.78, 5) is 15.5. The van der Waals surface area contributed by atoms with E-state index in [9.17, 15) is 4.79 Å². The number of carbonyl (C=O) groups is 1. The summed E-state index contributed by atoms with van der Waals surface area (Å²) in [5.74, 6) is 0.331. The number of hydrogen-bond acceptors (Lipinski definition) is 3. The van der Waals surface area contributed by atoms with Crippen molar-refractivity contribution in [2.45, 2.75) is 26.3 Å². The summed E-state index contributed by atoms with van der Waals surface area (Å²) in [6, 6.07) is 5.09. The molecule has 1 aromatic rings. The zero-order valence-electron chi connectivity index (χ0n) is 9.67. The van der Waals surface area contributed by atoms with E-state index in [0.29, 0.717) is 11.0 Å². The molecule has 4 nitrogen and oxygen atoms in total. The van der Waals surface area contributed by atoms with Crippen molar-refractivity contribution in [3.63, 3.8) is 0 Å². The van der Waals surface area contributed by atoms with E-state index in [0.717, 1.165) is 0 Å². The van der Waals surface area contributed by atoms with Gasteiger partial charge in [-0.25, -0.2) is 4.98 Å². The van der Waals surface area contributed by atoms with Crippen molar-refractivity contribution in [2.24, 2.45) is 0 Å². The molecular formula is C11H16ClN3O. The van der Waals surface area contributed by atoms with Crippen LogP contribution >= 0.6 is 11.6 Å². The molecule has 1 amide bonds. The van der Waals surface area contributed by atoms with E-state index in [2.05, 4.69) is 15.6 Å². The third-order valence-electron chi connectivity index (χ3n) is 1.76. The Balaban J connectivity index is 2.46. The molecule has 0 aromatic carbocycles. The van der Waals surface area contributed by atoms with E-state index >= 15 is 0 Å². The van der Waals surface area contributed by atoms with E-state index in [1.54, 1.807) is 18.2 Å².